The lowest BCUT2D eigenvalue weighted by molar-refractivity contribution is 0.413. The van der Waals surface area contributed by atoms with Crippen molar-refractivity contribution in [2.24, 2.45) is 0 Å². The van der Waals surface area contributed by atoms with E-state index < -0.39 is 9.05 Å². The summed E-state index contributed by atoms with van der Waals surface area (Å²) in [6.07, 6.45) is 0. The number of ether oxygens (including phenoxy) is 1. The minimum Gasteiger partial charge on any atom is -0.497 e. The third kappa shape index (κ3) is 3.28. The first-order chi connectivity index (χ1) is 8.90. The van der Waals surface area contributed by atoms with Crippen LogP contribution in [0.4, 0.5) is 0 Å². The minimum atomic E-state index is -3.78. The number of rotatable bonds is 3. The molecule has 0 unspecified atom stereocenters. The zero-order valence-electron chi connectivity index (χ0n) is 10.6. The van der Waals surface area contributed by atoms with Crippen LogP contribution in [0.2, 0.25) is 0 Å². The average molecular weight is 297 g/mol. The largest absolute Gasteiger partial charge is 0.497 e. The van der Waals surface area contributed by atoms with Gasteiger partial charge in [0, 0.05) is 16.7 Å². The Morgan fingerprint density at radius 2 is 1.79 bits per heavy atom. The number of hydrogen-bond donors (Lipinski definition) is 0. The molecule has 0 aliphatic rings. The van der Waals surface area contributed by atoms with Gasteiger partial charge in [0.15, 0.2) is 0 Å². The Morgan fingerprint density at radius 3 is 2.37 bits per heavy atom. The third-order valence-corrected chi connectivity index (χ3v) is 4.08. The molecule has 0 radical (unpaired) electrons. The second-order valence-corrected chi connectivity index (χ2v) is 6.77. The van der Waals surface area contributed by atoms with Crippen LogP contribution in [0.25, 0.3) is 11.1 Å². The number of aryl methyl sites for hydroxylation is 1. The fraction of sp³-hybridized carbons (Fsp3) is 0.143. The van der Waals surface area contributed by atoms with Gasteiger partial charge in [0.05, 0.1) is 12.0 Å². The SMILES string of the molecule is COc1cc(-c2cccc(C)c2)cc(S(=O)(=O)Cl)c1. The molecular weight excluding hydrogens is 284 g/mol. The Balaban J connectivity index is 2.64. The highest BCUT2D eigenvalue weighted by Crippen LogP contribution is 2.30. The Bertz CT molecular complexity index is 708. The molecule has 0 amide bonds. The lowest BCUT2D eigenvalue weighted by atomic mass is 10.0. The third-order valence-electron chi connectivity index (χ3n) is 2.75. The Morgan fingerprint density at radius 1 is 1.05 bits per heavy atom. The zero-order valence-corrected chi connectivity index (χ0v) is 12.1. The van der Waals surface area contributed by atoms with Gasteiger partial charge in [-0.05, 0) is 30.2 Å². The molecule has 0 saturated carbocycles. The van der Waals surface area contributed by atoms with E-state index in [0.29, 0.717) is 5.75 Å². The Labute approximate surface area is 117 Å². The van der Waals surface area contributed by atoms with Crippen molar-refractivity contribution in [3.63, 3.8) is 0 Å². The van der Waals surface area contributed by atoms with Crippen molar-refractivity contribution in [3.8, 4) is 16.9 Å². The van der Waals surface area contributed by atoms with E-state index in [0.717, 1.165) is 16.7 Å². The molecule has 5 heteroatoms. The summed E-state index contributed by atoms with van der Waals surface area (Å²) in [5.74, 6) is 0.457. The number of hydrogen-bond acceptors (Lipinski definition) is 3. The van der Waals surface area contributed by atoms with Crippen LogP contribution in [0, 0.1) is 6.92 Å². The predicted octanol–water partition coefficient (Wildman–Crippen LogP) is 3.60. The van der Waals surface area contributed by atoms with Gasteiger partial charge in [-0.2, -0.15) is 0 Å². The van der Waals surface area contributed by atoms with Gasteiger partial charge in [0.25, 0.3) is 9.05 Å². The highest BCUT2D eigenvalue weighted by molar-refractivity contribution is 8.13. The maximum absolute atomic E-state index is 11.5. The summed E-state index contributed by atoms with van der Waals surface area (Å²) in [5, 5.41) is 0. The molecular formula is C14H13ClO3S. The maximum atomic E-state index is 11.5. The molecule has 2 aromatic carbocycles. The van der Waals surface area contributed by atoms with Crippen LogP contribution in [0.5, 0.6) is 5.75 Å². The summed E-state index contributed by atoms with van der Waals surface area (Å²) < 4.78 is 28.0. The molecule has 2 rings (SSSR count). The van der Waals surface area contributed by atoms with E-state index >= 15 is 0 Å². The lowest BCUT2D eigenvalue weighted by Crippen LogP contribution is -1.94. The highest BCUT2D eigenvalue weighted by atomic mass is 35.7. The van der Waals surface area contributed by atoms with Crippen molar-refractivity contribution >= 4 is 19.7 Å². The molecule has 0 aliphatic heterocycles. The van der Waals surface area contributed by atoms with E-state index in [9.17, 15) is 8.42 Å². The monoisotopic (exact) mass is 296 g/mol. The standard InChI is InChI=1S/C14H13ClO3S/c1-10-4-3-5-11(6-10)12-7-13(18-2)9-14(8-12)19(15,16)17/h3-9H,1-2H3. The molecule has 0 bridgehead atoms. The molecule has 0 spiro atoms. The first-order valence-corrected chi connectivity index (χ1v) is 7.92. The van der Waals surface area contributed by atoms with Gasteiger partial charge in [0.2, 0.25) is 0 Å². The van der Waals surface area contributed by atoms with Gasteiger partial charge < -0.3 is 4.74 Å². The number of halogens is 1. The molecule has 0 fully saturated rings. The molecule has 19 heavy (non-hydrogen) atoms. The van der Waals surface area contributed by atoms with Gasteiger partial charge in [-0.15, -0.1) is 0 Å². The molecule has 0 atom stereocenters. The fourth-order valence-electron chi connectivity index (χ4n) is 1.82. The zero-order chi connectivity index (χ0) is 14.0. The Hall–Kier alpha value is -1.52. The maximum Gasteiger partial charge on any atom is 0.261 e. The van der Waals surface area contributed by atoms with Gasteiger partial charge >= 0.3 is 0 Å². The topological polar surface area (TPSA) is 43.4 Å². The lowest BCUT2D eigenvalue weighted by Gasteiger charge is -2.08. The molecule has 100 valence electrons. The van der Waals surface area contributed by atoms with Gasteiger partial charge in [-0.3, -0.25) is 0 Å². The first kappa shape index (κ1) is 13.9. The summed E-state index contributed by atoms with van der Waals surface area (Å²) in [7, 11) is 3.10. The average Bonchev–Trinajstić information content (AvgIpc) is 2.37. The van der Waals surface area contributed by atoms with E-state index in [4.69, 9.17) is 15.4 Å². The minimum absolute atomic E-state index is 0.0324. The van der Waals surface area contributed by atoms with Gasteiger partial charge in [-0.1, -0.05) is 29.8 Å². The summed E-state index contributed by atoms with van der Waals surface area (Å²) in [5.41, 5.74) is 2.76. The predicted molar refractivity (Wildman–Crippen MR) is 76.2 cm³/mol. The molecule has 3 nitrogen and oxygen atoms in total. The summed E-state index contributed by atoms with van der Waals surface area (Å²) >= 11 is 0. The molecule has 0 heterocycles. The van der Waals surface area contributed by atoms with E-state index in [1.165, 1.54) is 13.2 Å². The summed E-state index contributed by atoms with van der Waals surface area (Å²) in [4.78, 5) is 0.0324. The van der Waals surface area contributed by atoms with Crippen LogP contribution in [0.1, 0.15) is 5.56 Å². The molecule has 0 N–H and O–H groups in total. The van der Waals surface area contributed by atoms with Crippen molar-refractivity contribution in [2.45, 2.75) is 11.8 Å². The van der Waals surface area contributed by atoms with Crippen molar-refractivity contribution < 1.29 is 13.2 Å². The number of methoxy groups -OCH3 is 1. The van der Waals surface area contributed by atoms with E-state index in [-0.39, 0.29) is 4.90 Å². The van der Waals surface area contributed by atoms with Crippen molar-refractivity contribution in [1.29, 1.82) is 0 Å². The van der Waals surface area contributed by atoms with Crippen molar-refractivity contribution in [1.82, 2.24) is 0 Å². The molecule has 0 aromatic heterocycles. The molecule has 0 saturated heterocycles. The Kier molecular flexibility index (Phi) is 3.83. The van der Waals surface area contributed by atoms with E-state index in [1.807, 2.05) is 31.2 Å². The fourth-order valence-corrected chi connectivity index (χ4v) is 2.61. The first-order valence-electron chi connectivity index (χ1n) is 5.61. The molecule has 0 aliphatic carbocycles. The number of benzene rings is 2. The molecule has 2 aromatic rings. The van der Waals surface area contributed by atoms with E-state index in [1.54, 1.807) is 12.1 Å². The summed E-state index contributed by atoms with van der Waals surface area (Å²) in [6.45, 7) is 1.98. The second kappa shape index (κ2) is 5.23. The quantitative estimate of drug-likeness (QED) is 0.813. The van der Waals surface area contributed by atoms with Crippen LogP contribution in [-0.2, 0) is 9.05 Å². The van der Waals surface area contributed by atoms with E-state index in [2.05, 4.69) is 0 Å². The van der Waals surface area contributed by atoms with Crippen LogP contribution >= 0.6 is 10.7 Å². The van der Waals surface area contributed by atoms with Crippen molar-refractivity contribution in [2.75, 3.05) is 7.11 Å². The van der Waals surface area contributed by atoms with Gasteiger partial charge in [-0.25, -0.2) is 8.42 Å². The highest BCUT2D eigenvalue weighted by Gasteiger charge is 2.13. The smallest absolute Gasteiger partial charge is 0.261 e. The second-order valence-electron chi connectivity index (χ2n) is 4.20. The van der Waals surface area contributed by atoms with Gasteiger partial charge in [0.1, 0.15) is 5.75 Å². The van der Waals surface area contributed by atoms with Crippen LogP contribution in [0.15, 0.2) is 47.4 Å². The normalized spacial score (nSPS) is 11.3. The van der Waals surface area contributed by atoms with Crippen molar-refractivity contribution in [3.05, 3.63) is 48.0 Å². The van der Waals surface area contributed by atoms with Crippen LogP contribution in [-0.4, -0.2) is 15.5 Å². The van der Waals surface area contributed by atoms with Crippen LogP contribution < -0.4 is 4.74 Å². The van der Waals surface area contributed by atoms with Crippen LogP contribution in [0.3, 0.4) is 0 Å². The summed E-state index contributed by atoms with van der Waals surface area (Å²) in [6, 6.07) is 12.5.